The molecule has 0 spiro atoms. The van der Waals surface area contributed by atoms with Gasteiger partial charge in [0.15, 0.2) is 0 Å². The van der Waals surface area contributed by atoms with Gasteiger partial charge in [-0.15, -0.1) is 11.8 Å². The molecule has 1 saturated heterocycles. The van der Waals surface area contributed by atoms with E-state index in [0.717, 1.165) is 11.8 Å². The molecule has 0 aromatic rings. The molecule has 2 heteroatoms. The molecule has 1 aliphatic heterocycles. The summed E-state index contributed by atoms with van der Waals surface area (Å²) in [5, 5.41) is 3.34. The molecular formula is C10H17NS. The van der Waals surface area contributed by atoms with Crippen molar-refractivity contribution in [2.24, 2.45) is 5.92 Å². The van der Waals surface area contributed by atoms with Gasteiger partial charge in [-0.2, -0.15) is 0 Å². The van der Waals surface area contributed by atoms with Crippen LogP contribution in [0.2, 0.25) is 0 Å². The van der Waals surface area contributed by atoms with Crippen molar-refractivity contribution in [1.82, 2.24) is 5.32 Å². The molecule has 0 radical (unpaired) electrons. The molecule has 1 atom stereocenters. The summed E-state index contributed by atoms with van der Waals surface area (Å²) in [4.78, 5) is 1.46. The van der Waals surface area contributed by atoms with Gasteiger partial charge in [-0.3, -0.25) is 0 Å². The van der Waals surface area contributed by atoms with E-state index in [1.165, 1.54) is 17.0 Å². The largest absolute Gasteiger partial charge is 0.375 e. The van der Waals surface area contributed by atoms with Gasteiger partial charge in [-0.05, 0) is 12.3 Å². The normalized spacial score (nSPS) is 25.8. The number of nitrogens with one attached hydrogen (secondary N) is 1. The van der Waals surface area contributed by atoms with Crippen LogP contribution in [0.1, 0.15) is 27.2 Å². The number of fused-ring (bicyclic) bond motifs is 1. The Labute approximate surface area is 79.3 Å². The molecular weight excluding hydrogens is 166 g/mol. The Morgan fingerprint density at radius 2 is 2.25 bits per heavy atom. The number of rotatable bonds is 0. The van der Waals surface area contributed by atoms with Gasteiger partial charge in [0.1, 0.15) is 0 Å². The van der Waals surface area contributed by atoms with Gasteiger partial charge in [-0.1, -0.05) is 32.9 Å². The van der Waals surface area contributed by atoms with Crippen LogP contribution in [0.3, 0.4) is 0 Å². The Morgan fingerprint density at radius 3 is 3.00 bits per heavy atom. The highest BCUT2D eigenvalue weighted by Crippen LogP contribution is 2.33. The summed E-state index contributed by atoms with van der Waals surface area (Å²) < 4.78 is 0. The van der Waals surface area contributed by atoms with Gasteiger partial charge in [0, 0.05) is 10.6 Å². The SMILES string of the molecule is CC.CC1C=C2NCSC2=CC1. The molecule has 0 saturated carbocycles. The fraction of sp³-hybridized carbons (Fsp3) is 0.600. The Morgan fingerprint density at radius 1 is 1.50 bits per heavy atom. The minimum Gasteiger partial charge on any atom is -0.375 e. The molecule has 0 bridgehead atoms. The average molecular weight is 183 g/mol. The minimum absolute atomic E-state index is 0.727. The zero-order valence-electron chi connectivity index (χ0n) is 8.05. The van der Waals surface area contributed by atoms with Crippen molar-refractivity contribution in [3.05, 3.63) is 22.8 Å². The second-order valence-electron chi connectivity index (χ2n) is 2.83. The summed E-state index contributed by atoms with van der Waals surface area (Å²) in [5.74, 6) is 1.79. The van der Waals surface area contributed by atoms with Gasteiger partial charge < -0.3 is 5.32 Å². The van der Waals surface area contributed by atoms with Gasteiger partial charge >= 0.3 is 0 Å². The lowest BCUT2D eigenvalue weighted by atomic mass is 10.0. The van der Waals surface area contributed by atoms with E-state index in [0.29, 0.717) is 0 Å². The molecule has 1 nitrogen and oxygen atoms in total. The summed E-state index contributed by atoms with van der Waals surface area (Å²) in [6.07, 6.45) is 5.88. The van der Waals surface area contributed by atoms with E-state index in [1.54, 1.807) is 0 Å². The maximum absolute atomic E-state index is 3.34. The van der Waals surface area contributed by atoms with Crippen LogP contribution in [-0.2, 0) is 0 Å². The highest BCUT2D eigenvalue weighted by atomic mass is 32.2. The first kappa shape index (κ1) is 9.72. The number of thioether (sulfide) groups is 1. The van der Waals surface area contributed by atoms with Crippen molar-refractivity contribution in [3.8, 4) is 0 Å². The number of hydrogen-bond donors (Lipinski definition) is 1. The zero-order chi connectivity index (χ0) is 8.97. The molecule has 1 heterocycles. The van der Waals surface area contributed by atoms with Gasteiger partial charge in [0.2, 0.25) is 0 Å². The maximum atomic E-state index is 3.34. The third-order valence-electron chi connectivity index (χ3n) is 1.88. The van der Waals surface area contributed by atoms with E-state index in [-0.39, 0.29) is 0 Å². The summed E-state index contributed by atoms with van der Waals surface area (Å²) in [6, 6.07) is 0. The molecule has 2 rings (SSSR count). The van der Waals surface area contributed by atoms with Crippen molar-refractivity contribution < 1.29 is 0 Å². The molecule has 1 unspecified atom stereocenters. The first-order chi connectivity index (χ1) is 5.86. The summed E-state index contributed by atoms with van der Waals surface area (Å²) in [6.45, 7) is 6.25. The fourth-order valence-corrected chi connectivity index (χ4v) is 2.20. The molecule has 12 heavy (non-hydrogen) atoms. The maximum Gasteiger partial charge on any atom is 0.0658 e. The van der Waals surface area contributed by atoms with Crippen molar-refractivity contribution in [2.45, 2.75) is 27.2 Å². The van der Waals surface area contributed by atoms with Crippen LogP contribution in [0.15, 0.2) is 22.8 Å². The van der Waals surface area contributed by atoms with E-state index < -0.39 is 0 Å². The van der Waals surface area contributed by atoms with Crippen LogP contribution >= 0.6 is 11.8 Å². The van der Waals surface area contributed by atoms with Crippen LogP contribution in [-0.4, -0.2) is 5.88 Å². The van der Waals surface area contributed by atoms with Gasteiger partial charge in [0.25, 0.3) is 0 Å². The Hall–Kier alpha value is -0.370. The van der Waals surface area contributed by atoms with Crippen molar-refractivity contribution >= 4 is 11.8 Å². The lowest BCUT2D eigenvalue weighted by Crippen LogP contribution is -2.07. The highest BCUT2D eigenvalue weighted by molar-refractivity contribution is 8.03. The first-order valence-corrected chi connectivity index (χ1v) is 5.64. The predicted molar refractivity (Wildman–Crippen MR) is 56.9 cm³/mol. The van der Waals surface area contributed by atoms with E-state index in [1.807, 2.05) is 25.6 Å². The quantitative estimate of drug-likeness (QED) is 0.619. The fourth-order valence-electron chi connectivity index (χ4n) is 1.31. The monoisotopic (exact) mass is 183 g/mol. The second-order valence-corrected chi connectivity index (χ2v) is 3.84. The van der Waals surface area contributed by atoms with Crippen LogP contribution in [0.4, 0.5) is 0 Å². The second kappa shape index (κ2) is 4.61. The van der Waals surface area contributed by atoms with Crippen LogP contribution in [0, 0.1) is 5.92 Å². The Kier molecular flexibility index (Phi) is 3.73. The molecule has 0 amide bonds. The summed E-state index contributed by atoms with van der Waals surface area (Å²) in [5.41, 5.74) is 1.36. The molecule has 1 fully saturated rings. The molecule has 1 N–H and O–H groups in total. The van der Waals surface area contributed by atoms with Crippen LogP contribution in [0.5, 0.6) is 0 Å². The van der Waals surface area contributed by atoms with Crippen molar-refractivity contribution in [1.29, 1.82) is 0 Å². The molecule has 2 aliphatic rings. The molecule has 0 aromatic heterocycles. The van der Waals surface area contributed by atoms with Crippen LogP contribution < -0.4 is 5.32 Å². The smallest absolute Gasteiger partial charge is 0.0658 e. The standard InChI is InChI=1S/C8H11NS.C2H6/c1-6-2-3-8-7(4-6)9-5-10-8;1-2/h3-4,6,9H,2,5H2,1H3;1-2H3. The zero-order valence-corrected chi connectivity index (χ0v) is 8.87. The number of allylic oxidation sites excluding steroid dienone is 2. The third kappa shape index (κ3) is 2.07. The van der Waals surface area contributed by atoms with E-state index in [2.05, 4.69) is 24.4 Å². The Balaban J connectivity index is 0.000000336. The molecule has 68 valence electrons. The number of hydrogen-bond acceptors (Lipinski definition) is 2. The van der Waals surface area contributed by atoms with E-state index in [9.17, 15) is 0 Å². The summed E-state index contributed by atoms with van der Waals surface area (Å²) in [7, 11) is 0. The van der Waals surface area contributed by atoms with E-state index >= 15 is 0 Å². The minimum atomic E-state index is 0.727. The topological polar surface area (TPSA) is 12.0 Å². The van der Waals surface area contributed by atoms with E-state index in [4.69, 9.17) is 0 Å². The van der Waals surface area contributed by atoms with Gasteiger partial charge in [-0.25, -0.2) is 0 Å². The lowest BCUT2D eigenvalue weighted by Gasteiger charge is -2.11. The average Bonchev–Trinajstić information content (AvgIpc) is 2.54. The molecule has 0 aromatic carbocycles. The van der Waals surface area contributed by atoms with Crippen molar-refractivity contribution in [3.63, 3.8) is 0 Å². The van der Waals surface area contributed by atoms with Gasteiger partial charge in [0.05, 0.1) is 5.88 Å². The van der Waals surface area contributed by atoms with Crippen molar-refractivity contribution in [2.75, 3.05) is 5.88 Å². The predicted octanol–water partition coefficient (Wildman–Crippen LogP) is 3.11. The van der Waals surface area contributed by atoms with Crippen LogP contribution in [0.25, 0.3) is 0 Å². The third-order valence-corrected chi connectivity index (χ3v) is 2.87. The first-order valence-electron chi connectivity index (χ1n) is 4.65. The highest BCUT2D eigenvalue weighted by Gasteiger charge is 2.17. The molecule has 1 aliphatic carbocycles. The Bertz CT molecular complexity index is 206. The summed E-state index contributed by atoms with van der Waals surface area (Å²) >= 11 is 1.91. The lowest BCUT2D eigenvalue weighted by molar-refractivity contribution is 0.718.